The van der Waals surface area contributed by atoms with Crippen molar-refractivity contribution < 1.29 is 4.79 Å². The smallest absolute Gasteiger partial charge is 0.223 e. The monoisotopic (exact) mass is 384 g/mol. The van der Waals surface area contributed by atoms with Crippen LogP contribution in [0.5, 0.6) is 0 Å². The highest BCUT2D eigenvalue weighted by Gasteiger charge is 2.09. The van der Waals surface area contributed by atoms with E-state index in [4.69, 9.17) is 17.0 Å². The van der Waals surface area contributed by atoms with Crippen LogP contribution in [-0.4, -0.2) is 15.7 Å². The molecule has 2 N–H and O–H groups in total. The number of nitrogens with one attached hydrogen (secondary N) is 2. The fourth-order valence-electron chi connectivity index (χ4n) is 2.31. The summed E-state index contributed by atoms with van der Waals surface area (Å²) in [5.41, 5.74) is 2.48. The third kappa shape index (κ3) is 4.28. The molecule has 0 fully saturated rings. The van der Waals surface area contributed by atoms with Crippen molar-refractivity contribution in [3.05, 3.63) is 75.5 Å². The maximum absolute atomic E-state index is 11.4. The molecule has 3 aromatic rings. The first kappa shape index (κ1) is 18.1. The molecule has 7 heteroatoms. The van der Waals surface area contributed by atoms with Gasteiger partial charge in [-0.1, -0.05) is 23.1 Å². The highest BCUT2D eigenvalue weighted by Crippen LogP contribution is 2.18. The van der Waals surface area contributed by atoms with Crippen LogP contribution in [-0.2, 0) is 0 Å². The molecule has 0 bridgehead atoms. The van der Waals surface area contributed by atoms with Gasteiger partial charge in [0.05, 0.1) is 5.69 Å². The van der Waals surface area contributed by atoms with Crippen LogP contribution in [0.4, 0.5) is 11.4 Å². The summed E-state index contributed by atoms with van der Waals surface area (Å²) in [4.78, 5) is 17.1. The van der Waals surface area contributed by atoms with Crippen molar-refractivity contribution in [1.29, 1.82) is 5.41 Å². The second-order valence-electron chi connectivity index (χ2n) is 5.70. The van der Waals surface area contributed by atoms with Crippen LogP contribution in [0.25, 0.3) is 0 Å². The fraction of sp³-hybridized carbons (Fsp3) is 0.105. The summed E-state index contributed by atoms with van der Waals surface area (Å²) in [6.45, 7) is 3.48. The van der Waals surface area contributed by atoms with E-state index in [1.807, 2.05) is 31.2 Å². The molecule has 1 heterocycles. The van der Waals surface area contributed by atoms with E-state index >= 15 is 0 Å². The number of aliphatic imine (C=N–C) groups is 1. The van der Waals surface area contributed by atoms with Crippen LogP contribution in [0.2, 0.25) is 5.02 Å². The van der Waals surface area contributed by atoms with E-state index in [2.05, 4.69) is 10.3 Å². The van der Waals surface area contributed by atoms with Gasteiger partial charge in [0.1, 0.15) is 5.49 Å². The third-order valence-corrected chi connectivity index (χ3v) is 4.81. The van der Waals surface area contributed by atoms with Gasteiger partial charge in [0.25, 0.3) is 0 Å². The van der Waals surface area contributed by atoms with E-state index in [1.165, 1.54) is 18.5 Å². The molecule has 0 saturated carbocycles. The van der Waals surface area contributed by atoms with Crippen LogP contribution in [0, 0.1) is 12.3 Å². The van der Waals surface area contributed by atoms with Crippen molar-refractivity contribution in [2.24, 2.45) is 4.99 Å². The van der Waals surface area contributed by atoms with E-state index in [0.29, 0.717) is 22.0 Å². The minimum atomic E-state index is 0.0169. The number of halogens is 1. The fourth-order valence-corrected chi connectivity index (χ4v) is 3.21. The first-order chi connectivity index (χ1) is 12.4. The van der Waals surface area contributed by atoms with Gasteiger partial charge in [-0.15, -0.1) is 0 Å². The summed E-state index contributed by atoms with van der Waals surface area (Å²) in [5.74, 6) is 0.523. The molecule has 0 unspecified atom stereocenters. The van der Waals surface area contributed by atoms with Gasteiger partial charge >= 0.3 is 0 Å². The number of carbonyl (C=O) groups is 1. The summed E-state index contributed by atoms with van der Waals surface area (Å²) >= 11 is 7.37. The number of hydrogen-bond acceptors (Lipinski definition) is 4. The minimum Gasteiger partial charge on any atom is -0.325 e. The molecule has 26 heavy (non-hydrogen) atoms. The van der Waals surface area contributed by atoms with Crippen molar-refractivity contribution in [2.45, 2.75) is 13.8 Å². The van der Waals surface area contributed by atoms with Crippen molar-refractivity contribution in [2.75, 3.05) is 5.32 Å². The second kappa shape index (κ2) is 7.68. The molecular weight excluding hydrogens is 368 g/mol. The van der Waals surface area contributed by atoms with Gasteiger partial charge in [0.2, 0.25) is 5.96 Å². The standard InChI is InChI=1S/C19H17ClN4OS/c1-12-11-18(21)24(26-12)19(23-17-9-5-15(20)6-10-17)22-16-7-3-14(4-8-16)13(2)25/h3-11,21H,1-2H3,(H,22,23). The van der Waals surface area contributed by atoms with E-state index in [0.717, 1.165) is 16.3 Å². The SMILES string of the molecule is CC(=O)c1ccc(NC(=Nc2ccc(Cl)cc2)n2sc(C)cc2=N)cc1. The van der Waals surface area contributed by atoms with Gasteiger partial charge in [-0.05, 0) is 68.4 Å². The number of benzene rings is 2. The highest BCUT2D eigenvalue weighted by molar-refractivity contribution is 7.07. The zero-order valence-electron chi connectivity index (χ0n) is 14.3. The van der Waals surface area contributed by atoms with Crippen LogP contribution in [0.3, 0.4) is 0 Å². The molecule has 132 valence electrons. The molecule has 0 atom stereocenters. The lowest BCUT2D eigenvalue weighted by Gasteiger charge is -2.11. The summed E-state index contributed by atoms with van der Waals surface area (Å²) in [6, 6.07) is 16.1. The van der Waals surface area contributed by atoms with Gasteiger partial charge in [-0.3, -0.25) is 10.2 Å². The molecule has 0 spiro atoms. The summed E-state index contributed by atoms with van der Waals surface area (Å²) < 4.78 is 1.71. The van der Waals surface area contributed by atoms with Crippen LogP contribution >= 0.6 is 23.1 Å². The zero-order valence-corrected chi connectivity index (χ0v) is 15.9. The molecule has 3 rings (SSSR count). The number of anilines is 1. The number of carbonyl (C=O) groups excluding carboxylic acids is 1. The molecule has 0 aliphatic carbocycles. The molecule has 0 aliphatic heterocycles. The van der Waals surface area contributed by atoms with Gasteiger partial charge in [-0.25, -0.2) is 8.95 Å². The largest absolute Gasteiger partial charge is 0.325 e. The number of Topliss-reactive ketones (excluding diaryl/α,β-unsaturated/α-hetero) is 1. The molecule has 5 nitrogen and oxygen atoms in total. The van der Waals surface area contributed by atoms with Crippen molar-refractivity contribution in [3.8, 4) is 0 Å². The quantitative estimate of drug-likeness (QED) is 0.385. The minimum absolute atomic E-state index is 0.0169. The van der Waals surface area contributed by atoms with Crippen molar-refractivity contribution >= 4 is 46.3 Å². The summed E-state index contributed by atoms with van der Waals surface area (Å²) in [6.07, 6.45) is 0. The topological polar surface area (TPSA) is 70.2 Å². The Morgan fingerprint density at radius 3 is 2.35 bits per heavy atom. The summed E-state index contributed by atoms with van der Waals surface area (Å²) in [5, 5.41) is 12.0. The van der Waals surface area contributed by atoms with Gasteiger partial charge < -0.3 is 5.32 Å². The lowest BCUT2D eigenvalue weighted by Crippen LogP contribution is -2.28. The molecular formula is C19H17ClN4OS. The van der Waals surface area contributed by atoms with E-state index in [1.54, 1.807) is 34.3 Å². The zero-order chi connectivity index (χ0) is 18.7. The van der Waals surface area contributed by atoms with Crippen LogP contribution in [0.15, 0.2) is 59.6 Å². The Morgan fingerprint density at radius 1 is 1.15 bits per heavy atom. The van der Waals surface area contributed by atoms with Gasteiger partial charge in [0.15, 0.2) is 5.78 Å². The number of hydrogen-bond donors (Lipinski definition) is 2. The molecule has 0 saturated heterocycles. The van der Waals surface area contributed by atoms with Crippen LogP contribution in [0.1, 0.15) is 22.2 Å². The van der Waals surface area contributed by atoms with Gasteiger partial charge in [0, 0.05) is 21.2 Å². The Labute approximate surface area is 160 Å². The Bertz CT molecular complexity index is 1020. The van der Waals surface area contributed by atoms with Crippen molar-refractivity contribution in [3.63, 3.8) is 0 Å². The lowest BCUT2D eigenvalue weighted by atomic mass is 10.1. The van der Waals surface area contributed by atoms with Crippen LogP contribution < -0.4 is 10.8 Å². The highest BCUT2D eigenvalue weighted by atomic mass is 35.5. The average Bonchev–Trinajstić information content (AvgIpc) is 2.95. The van der Waals surface area contributed by atoms with E-state index < -0.39 is 0 Å². The second-order valence-corrected chi connectivity index (χ2v) is 7.32. The predicted molar refractivity (Wildman–Crippen MR) is 107 cm³/mol. The maximum atomic E-state index is 11.4. The number of nitrogens with zero attached hydrogens (tertiary/aromatic N) is 2. The number of ketones is 1. The number of aromatic nitrogens is 1. The Balaban J connectivity index is 2.00. The Kier molecular flexibility index (Phi) is 5.35. The molecule has 0 aliphatic rings. The average molecular weight is 385 g/mol. The molecule has 2 aromatic carbocycles. The molecule has 1 aromatic heterocycles. The molecule has 0 amide bonds. The maximum Gasteiger partial charge on any atom is 0.223 e. The third-order valence-electron chi connectivity index (χ3n) is 3.60. The first-order valence-electron chi connectivity index (χ1n) is 7.89. The molecule has 0 radical (unpaired) electrons. The number of rotatable bonds is 3. The summed E-state index contributed by atoms with van der Waals surface area (Å²) in [7, 11) is 0. The Morgan fingerprint density at radius 2 is 1.81 bits per heavy atom. The number of aryl methyl sites for hydroxylation is 1. The van der Waals surface area contributed by atoms with Gasteiger partial charge in [-0.2, -0.15) is 0 Å². The van der Waals surface area contributed by atoms with E-state index in [-0.39, 0.29) is 5.78 Å². The van der Waals surface area contributed by atoms with Crippen molar-refractivity contribution in [1.82, 2.24) is 3.96 Å². The Hall–Kier alpha value is -2.70. The predicted octanol–water partition coefficient (Wildman–Crippen LogP) is 4.84. The first-order valence-corrected chi connectivity index (χ1v) is 9.05. The lowest BCUT2D eigenvalue weighted by molar-refractivity contribution is 0.101. The normalized spacial score (nSPS) is 11.4. The van der Waals surface area contributed by atoms with E-state index in [9.17, 15) is 4.79 Å².